The van der Waals surface area contributed by atoms with Crippen LogP contribution in [0.25, 0.3) is 0 Å². The highest BCUT2D eigenvalue weighted by Gasteiger charge is 2.13. The second-order valence-corrected chi connectivity index (χ2v) is 5.11. The van der Waals surface area contributed by atoms with Crippen molar-refractivity contribution in [1.29, 1.82) is 0 Å². The van der Waals surface area contributed by atoms with E-state index in [4.69, 9.17) is 4.74 Å². The fraction of sp³-hybridized carbons (Fsp3) is 0.769. The zero-order valence-corrected chi connectivity index (χ0v) is 10.9. The molecule has 0 spiro atoms. The summed E-state index contributed by atoms with van der Waals surface area (Å²) in [4.78, 5) is 0. The van der Waals surface area contributed by atoms with Gasteiger partial charge in [-0.3, -0.25) is 4.68 Å². The molecule has 4 nitrogen and oxygen atoms in total. The van der Waals surface area contributed by atoms with E-state index in [1.807, 2.05) is 16.9 Å². The fourth-order valence-corrected chi connectivity index (χ4v) is 2.14. The Morgan fingerprint density at radius 3 is 3.12 bits per heavy atom. The van der Waals surface area contributed by atoms with Crippen LogP contribution in [0, 0.1) is 5.92 Å². The molecule has 1 N–H and O–H groups in total. The number of ether oxygens (including phenoxy) is 1. The van der Waals surface area contributed by atoms with Crippen LogP contribution in [0.1, 0.15) is 38.4 Å². The molecule has 1 saturated heterocycles. The van der Waals surface area contributed by atoms with Crippen molar-refractivity contribution in [3.63, 3.8) is 0 Å². The molecule has 1 atom stereocenters. The third-order valence-electron chi connectivity index (χ3n) is 3.20. The van der Waals surface area contributed by atoms with E-state index in [1.54, 1.807) is 0 Å². The highest BCUT2D eigenvalue weighted by molar-refractivity contribution is 4.97. The minimum atomic E-state index is 0.422. The number of rotatable bonds is 5. The Balaban J connectivity index is 1.70. The van der Waals surface area contributed by atoms with E-state index in [0.29, 0.717) is 18.6 Å². The van der Waals surface area contributed by atoms with Gasteiger partial charge >= 0.3 is 0 Å². The summed E-state index contributed by atoms with van der Waals surface area (Å²) in [5.74, 6) is 0.677. The van der Waals surface area contributed by atoms with Gasteiger partial charge in [0.25, 0.3) is 0 Å². The molecule has 0 aromatic carbocycles. The molecule has 1 unspecified atom stereocenters. The van der Waals surface area contributed by atoms with Gasteiger partial charge in [-0.25, -0.2) is 0 Å². The summed E-state index contributed by atoms with van der Waals surface area (Å²) in [6, 6.07) is 2.46. The zero-order chi connectivity index (χ0) is 12.1. The van der Waals surface area contributed by atoms with Gasteiger partial charge in [0.05, 0.1) is 18.9 Å². The molecule has 96 valence electrons. The highest BCUT2D eigenvalue weighted by atomic mass is 16.5. The number of hydrogen-bond acceptors (Lipinski definition) is 3. The lowest BCUT2D eigenvalue weighted by atomic mass is 10.0. The first-order chi connectivity index (χ1) is 8.25. The summed E-state index contributed by atoms with van der Waals surface area (Å²) in [5.41, 5.74) is 1.03. The van der Waals surface area contributed by atoms with E-state index >= 15 is 0 Å². The van der Waals surface area contributed by atoms with Gasteiger partial charge in [0.2, 0.25) is 0 Å². The second-order valence-electron chi connectivity index (χ2n) is 5.11. The molecule has 0 amide bonds. The lowest BCUT2D eigenvalue weighted by molar-refractivity contribution is 0.0759. The van der Waals surface area contributed by atoms with Crippen LogP contribution >= 0.6 is 0 Å². The Kier molecular flexibility index (Phi) is 4.57. The smallest absolute Gasteiger partial charge is 0.0906 e. The zero-order valence-electron chi connectivity index (χ0n) is 10.9. The first-order valence-electron chi connectivity index (χ1n) is 6.58. The topological polar surface area (TPSA) is 39.1 Å². The molecule has 1 aromatic heterocycles. The van der Waals surface area contributed by atoms with Crippen LogP contribution in [-0.2, 0) is 11.3 Å². The number of aromatic nitrogens is 2. The minimum absolute atomic E-state index is 0.422. The first kappa shape index (κ1) is 12.6. The van der Waals surface area contributed by atoms with Gasteiger partial charge in [-0.1, -0.05) is 0 Å². The standard InChI is InChI=1S/C13H23N3O/c1-11(2)16-7-5-13(15-16)10-17-9-12-4-3-6-14-8-12/h5,7,11-12,14H,3-4,6,8-10H2,1-2H3. The van der Waals surface area contributed by atoms with Crippen molar-refractivity contribution in [3.8, 4) is 0 Å². The molecular weight excluding hydrogens is 214 g/mol. The maximum absolute atomic E-state index is 5.74. The number of hydrogen-bond donors (Lipinski definition) is 1. The molecule has 0 saturated carbocycles. The lowest BCUT2D eigenvalue weighted by Gasteiger charge is -2.22. The minimum Gasteiger partial charge on any atom is -0.375 e. The first-order valence-corrected chi connectivity index (χ1v) is 6.58. The van der Waals surface area contributed by atoms with Gasteiger partial charge in [0.1, 0.15) is 0 Å². The predicted octanol–water partition coefficient (Wildman–Crippen LogP) is 1.98. The van der Waals surface area contributed by atoms with E-state index in [1.165, 1.54) is 12.8 Å². The Morgan fingerprint density at radius 1 is 1.59 bits per heavy atom. The molecule has 1 aromatic rings. The van der Waals surface area contributed by atoms with Crippen LogP contribution in [0.3, 0.4) is 0 Å². The van der Waals surface area contributed by atoms with Crippen molar-refractivity contribution >= 4 is 0 Å². The SMILES string of the molecule is CC(C)n1ccc(COCC2CCCNC2)n1. The monoisotopic (exact) mass is 237 g/mol. The van der Waals surface area contributed by atoms with Gasteiger partial charge in [0, 0.05) is 18.8 Å². The van der Waals surface area contributed by atoms with Crippen molar-refractivity contribution in [3.05, 3.63) is 18.0 Å². The van der Waals surface area contributed by atoms with Crippen LogP contribution in [-0.4, -0.2) is 29.5 Å². The van der Waals surface area contributed by atoms with Crippen LogP contribution in [0.2, 0.25) is 0 Å². The quantitative estimate of drug-likeness (QED) is 0.851. The molecule has 1 aliphatic heterocycles. The summed E-state index contributed by atoms with van der Waals surface area (Å²) in [7, 11) is 0. The van der Waals surface area contributed by atoms with Gasteiger partial charge in [-0.2, -0.15) is 5.10 Å². The molecule has 17 heavy (non-hydrogen) atoms. The lowest BCUT2D eigenvalue weighted by Crippen LogP contribution is -2.32. The van der Waals surface area contributed by atoms with Gasteiger partial charge in [0.15, 0.2) is 0 Å². The van der Waals surface area contributed by atoms with Crippen molar-refractivity contribution in [1.82, 2.24) is 15.1 Å². The van der Waals surface area contributed by atoms with Gasteiger partial charge < -0.3 is 10.1 Å². The molecule has 1 fully saturated rings. The van der Waals surface area contributed by atoms with Crippen LogP contribution in [0.5, 0.6) is 0 Å². The average molecular weight is 237 g/mol. The summed E-state index contributed by atoms with van der Waals surface area (Å²) >= 11 is 0. The molecule has 0 aliphatic carbocycles. The molecule has 2 rings (SSSR count). The summed E-state index contributed by atoms with van der Waals surface area (Å²) < 4.78 is 7.71. The molecule has 1 aliphatic rings. The summed E-state index contributed by atoms with van der Waals surface area (Å²) in [6.45, 7) is 8.00. The van der Waals surface area contributed by atoms with Crippen molar-refractivity contribution in [2.24, 2.45) is 5.92 Å². The molecule has 0 radical (unpaired) electrons. The van der Waals surface area contributed by atoms with Crippen LogP contribution in [0.4, 0.5) is 0 Å². The van der Waals surface area contributed by atoms with Crippen LogP contribution < -0.4 is 5.32 Å². The predicted molar refractivity (Wildman–Crippen MR) is 67.9 cm³/mol. The second kappa shape index (κ2) is 6.17. The van der Waals surface area contributed by atoms with E-state index in [0.717, 1.165) is 25.4 Å². The highest BCUT2D eigenvalue weighted by Crippen LogP contribution is 2.11. The maximum atomic E-state index is 5.74. The van der Waals surface area contributed by atoms with E-state index in [-0.39, 0.29) is 0 Å². The van der Waals surface area contributed by atoms with Gasteiger partial charge in [-0.15, -0.1) is 0 Å². The van der Waals surface area contributed by atoms with E-state index < -0.39 is 0 Å². The summed E-state index contributed by atoms with van der Waals surface area (Å²) in [5, 5.41) is 7.87. The number of nitrogens with zero attached hydrogens (tertiary/aromatic N) is 2. The van der Waals surface area contributed by atoms with Gasteiger partial charge in [-0.05, 0) is 45.2 Å². The normalized spacial score (nSPS) is 21.0. The molecule has 2 heterocycles. The van der Waals surface area contributed by atoms with Crippen molar-refractivity contribution < 1.29 is 4.74 Å². The number of nitrogens with one attached hydrogen (secondary N) is 1. The third kappa shape index (κ3) is 3.82. The maximum Gasteiger partial charge on any atom is 0.0906 e. The summed E-state index contributed by atoms with van der Waals surface area (Å²) in [6.07, 6.45) is 4.58. The van der Waals surface area contributed by atoms with E-state index in [9.17, 15) is 0 Å². The van der Waals surface area contributed by atoms with Crippen molar-refractivity contribution in [2.45, 2.75) is 39.3 Å². The molecule has 0 bridgehead atoms. The Bertz CT molecular complexity index is 329. The van der Waals surface area contributed by atoms with Crippen LogP contribution in [0.15, 0.2) is 12.3 Å². The molecular formula is C13H23N3O. The largest absolute Gasteiger partial charge is 0.375 e. The molecule has 4 heteroatoms. The fourth-order valence-electron chi connectivity index (χ4n) is 2.14. The van der Waals surface area contributed by atoms with E-state index in [2.05, 4.69) is 24.3 Å². The Labute approximate surface area is 103 Å². The Morgan fingerprint density at radius 2 is 2.47 bits per heavy atom. The average Bonchev–Trinajstić information content (AvgIpc) is 2.79. The third-order valence-corrected chi connectivity index (χ3v) is 3.20. The van der Waals surface area contributed by atoms with Crippen molar-refractivity contribution in [2.75, 3.05) is 19.7 Å². The number of piperidine rings is 1. The Hall–Kier alpha value is -0.870.